The Morgan fingerprint density at radius 2 is 1.64 bits per heavy atom. The number of hydrogen-bond acceptors (Lipinski definition) is 4. The lowest BCUT2D eigenvalue weighted by Gasteiger charge is -2.23. The Hall–Kier alpha value is -4.13. The summed E-state index contributed by atoms with van der Waals surface area (Å²) in [4.78, 5) is 26.5. The molecule has 1 amide bonds. The van der Waals surface area contributed by atoms with Gasteiger partial charge in [-0.2, -0.15) is 10.5 Å². The van der Waals surface area contributed by atoms with E-state index in [0.717, 1.165) is 5.56 Å². The fourth-order valence-electron chi connectivity index (χ4n) is 4.15. The summed E-state index contributed by atoms with van der Waals surface area (Å²) in [6.45, 7) is 0.376. The van der Waals surface area contributed by atoms with E-state index in [-0.39, 0.29) is 17.0 Å². The first-order valence-corrected chi connectivity index (χ1v) is 10.7. The average molecular weight is 456 g/mol. The maximum Gasteiger partial charge on any atom is 0.326 e. The van der Waals surface area contributed by atoms with Gasteiger partial charge in [-0.1, -0.05) is 41.9 Å². The van der Waals surface area contributed by atoms with Crippen molar-refractivity contribution in [1.82, 2.24) is 4.90 Å². The third-order valence-corrected chi connectivity index (χ3v) is 6.14. The zero-order chi connectivity index (χ0) is 23.5. The molecule has 1 atom stereocenters. The summed E-state index contributed by atoms with van der Waals surface area (Å²) in [5.74, 6) is -1.38. The van der Waals surface area contributed by atoms with Gasteiger partial charge >= 0.3 is 5.97 Å². The molecular weight excluding hydrogens is 438 g/mol. The number of hydrogen-bond donors (Lipinski definition) is 1. The zero-order valence-corrected chi connectivity index (χ0v) is 18.2. The fourth-order valence-corrected chi connectivity index (χ4v) is 4.39. The Labute approximate surface area is 195 Å². The minimum atomic E-state index is -1.02. The third kappa shape index (κ3) is 4.17. The molecule has 1 aliphatic rings. The van der Waals surface area contributed by atoms with Crippen LogP contribution in [0.25, 0.3) is 22.3 Å². The SMILES string of the molecule is N#Cc1ccc(-c2ccc(C(=O)N3CCCC3C(=O)O)c(-c3ccccc3Cl)c2)cc1C#N. The number of halogens is 1. The van der Waals surface area contributed by atoms with Crippen LogP contribution in [-0.4, -0.2) is 34.5 Å². The van der Waals surface area contributed by atoms with E-state index < -0.39 is 12.0 Å². The van der Waals surface area contributed by atoms with Gasteiger partial charge < -0.3 is 10.0 Å². The van der Waals surface area contributed by atoms with Crippen LogP contribution in [0.3, 0.4) is 0 Å². The van der Waals surface area contributed by atoms with Crippen LogP contribution in [0.5, 0.6) is 0 Å². The maximum atomic E-state index is 13.4. The second-order valence-electron chi connectivity index (χ2n) is 7.72. The van der Waals surface area contributed by atoms with E-state index in [2.05, 4.69) is 0 Å². The zero-order valence-electron chi connectivity index (χ0n) is 17.5. The highest BCUT2D eigenvalue weighted by molar-refractivity contribution is 6.33. The topological polar surface area (TPSA) is 105 Å². The lowest BCUT2D eigenvalue weighted by molar-refractivity contribution is -0.141. The van der Waals surface area contributed by atoms with Crippen molar-refractivity contribution >= 4 is 23.5 Å². The summed E-state index contributed by atoms with van der Waals surface area (Å²) >= 11 is 6.46. The van der Waals surface area contributed by atoms with Crippen LogP contribution in [0.2, 0.25) is 5.02 Å². The van der Waals surface area contributed by atoms with E-state index in [1.165, 1.54) is 4.90 Å². The van der Waals surface area contributed by atoms with Gasteiger partial charge in [0.15, 0.2) is 0 Å². The predicted octanol–water partition coefficient (Wildman–Crippen LogP) is 5.11. The Morgan fingerprint density at radius 1 is 0.939 bits per heavy atom. The van der Waals surface area contributed by atoms with Crippen molar-refractivity contribution in [3.63, 3.8) is 0 Å². The van der Waals surface area contributed by atoms with Gasteiger partial charge in [0.25, 0.3) is 5.91 Å². The molecule has 7 heteroatoms. The minimum Gasteiger partial charge on any atom is -0.480 e. The van der Waals surface area contributed by atoms with Crippen molar-refractivity contribution in [3.05, 3.63) is 82.4 Å². The molecule has 0 radical (unpaired) electrons. The summed E-state index contributed by atoms with van der Waals surface area (Å²) in [5, 5.41) is 28.6. The van der Waals surface area contributed by atoms with Crippen LogP contribution in [0.15, 0.2) is 60.7 Å². The van der Waals surface area contributed by atoms with Gasteiger partial charge in [0.2, 0.25) is 0 Å². The summed E-state index contributed by atoms with van der Waals surface area (Å²) < 4.78 is 0. The van der Waals surface area contributed by atoms with Gasteiger partial charge in [-0.25, -0.2) is 4.79 Å². The Kier molecular flexibility index (Phi) is 6.13. The highest BCUT2D eigenvalue weighted by atomic mass is 35.5. The highest BCUT2D eigenvalue weighted by Crippen LogP contribution is 2.36. The number of nitrogens with zero attached hydrogens (tertiary/aromatic N) is 3. The molecule has 0 aromatic heterocycles. The van der Waals surface area contributed by atoms with Crippen LogP contribution >= 0.6 is 11.6 Å². The van der Waals surface area contributed by atoms with E-state index in [0.29, 0.717) is 46.7 Å². The van der Waals surface area contributed by atoms with Crippen molar-refractivity contribution in [2.24, 2.45) is 0 Å². The molecule has 3 aromatic carbocycles. The smallest absolute Gasteiger partial charge is 0.326 e. The van der Waals surface area contributed by atoms with Gasteiger partial charge in [-0.05, 0) is 59.9 Å². The van der Waals surface area contributed by atoms with Crippen molar-refractivity contribution < 1.29 is 14.7 Å². The molecule has 0 saturated carbocycles. The summed E-state index contributed by atoms with van der Waals surface area (Å²) in [6.07, 6.45) is 1.05. The number of nitriles is 2. The van der Waals surface area contributed by atoms with Crippen LogP contribution in [0, 0.1) is 22.7 Å². The number of carboxylic acids is 1. The van der Waals surface area contributed by atoms with E-state index in [1.807, 2.05) is 24.3 Å². The molecule has 0 bridgehead atoms. The Balaban J connectivity index is 1.86. The lowest BCUT2D eigenvalue weighted by atomic mass is 9.92. The molecule has 4 rings (SSSR count). The van der Waals surface area contributed by atoms with E-state index in [9.17, 15) is 25.2 Å². The second kappa shape index (κ2) is 9.16. The molecule has 1 fully saturated rings. The molecule has 162 valence electrons. The van der Waals surface area contributed by atoms with Crippen LogP contribution in [0.1, 0.15) is 34.3 Å². The third-order valence-electron chi connectivity index (χ3n) is 5.81. The van der Waals surface area contributed by atoms with Gasteiger partial charge in [-0.15, -0.1) is 0 Å². The molecule has 1 aliphatic heterocycles. The van der Waals surface area contributed by atoms with Crippen LogP contribution < -0.4 is 0 Å². The Bertz CT molecular complexity index is 1350. The molecular formula is C26H18ClN3O3. The van der Waals surface area contributed by atoms with Crippen molar-refractivity contribution in [1.29, 1.82) is 10.5 Å². The second-order valence-corrected chi connectivity index (χ2v) is 8.13. The van der Waals surface area contributed by atoms with Crippen molar-refractivity contribution in [2.75, 3.05) is 6.54 Å². The number of aliphatic carboxylic acids is 1. The number of benzene rings is 3. The summed E-state index contributed by atoms with van der Waals surface area (Å²) in [7, 11) is 0. The standard InChI is InChI=1S/C26H18ClN3O3/c27-23-5-2-1-4-20(23)22-13-17(16-7-8-18(14-28)19(12-16)15-29)9-10-21(22)25(31)30-11-3-6-24(30)26(32)33/h1-2,4-5,7-10,12-13,24H,3,6,11H2,(H,32,33). The van der Waals surface area contributed by atoms with Gasteiger partial charge in [0, 0.05) is 22.7 Å². The number of rotatable bonds is 4. The number of carbonyl (C=O) groups excluding carboxylic acids is 1. The molecule has 3 aromatic rings. The Morgan fingerprint density at radius 3 is 2.33 bits per heavy atom. The first-order valence-electron chi connectivity index (χ1n) is 10.3. The number of amides is 1. The summed E-state index contributed by atoms with van der Waals surface area (Å²) in [6, 6.07) is 20.5. The normalized spacial score (nSPS) is 15.0. The molecule has 6 nitrogen and oxygen atoms in total. The number of carbonyl (C=O) groups is 2. The fraction of sp³-hybridized carbons (Fsp3) is 0.154. The van der Waals surface area contributed by atoms with Gasteiger partial charge in [-0.3, -0.25) is 4.79 Å². The van der Waals surface area contributed by atoms with Crippen LogP contribution in [-0.2, 0) is 4.79 Å². The molecule has 1 heterocycles. The van der Waals surface area contributed by atoms with Crippen LogP contribution in [0.4, 0.5) is 0 Å². The number of carboxylic acid groups (broad SMARTS) is 1. The largest absolute Gasteiger partial charge is 0.480 e. The van der Waals surface area contributed by atoms with Crippen molar-refractivity contribution in [3.8, 4) is 34.4 Å². The molecule has 0 spiro atoms. The molecule has 0 aliphatic carbocycles. The quantitative estimate of drug-likeness (QED) is 0.588. The monoisotopic (exact) mass is 455 g/mol. The van der Waals surface area contributed by atoms with Crippen molar-refractivity contribution in [2.45, 2.75) is 18.9 Å². The molecule has 1 unspecified atom stereocenters. The summed E-state index contributed by atoms with van der Waals surface area (Å²) in [5.41, 5.74) is 3.56. The average Bonchev–Trinajstić information content (AvgIpc) is 3.33. The number of likely N-dealkylation sites (tertiary alicyclic amines) is 1. The first-order chi connectivity index (χ1) is 15.9. The molecule has 1 N–H and O–H groups in total. The van der Waals surface area contributed by atoms with E-state index in [1.54, 1.807) is 48.5 Å². The highest BCUT2D eigenvalue weighted by Gasteiger charge is 2.35. The molecule has 33 heavy (non-hydrogen) atoms. The molecule has 1 saturated heterocycles. The van der Waals surface area contributed by atoms with Gasteiger partial charge in [0.1, 0.15) is 18.2 Å². The minimum absolute atomic E-state index is 0.260. The lowest BCUT2D eigenvalue weighted by Crippen LogP contribution is -2.40. The first kappa shape index (κ1) is 22.1. The maximum absolute atomic E-state index is 13.4. The van der Waals surface area contributed by atoms with E-state index in [4.69, 9.17) is 11.6 Å². The van der Waals surface area contributed by atoms with E-state index >= 15 is 0 Å². The van der Waals surface area contributed by atoms with Gasteiger partial charge in [0.05, 0.1) is 11.1 Å². The predicted molar refractivity (Wildman–Crippen MR) is 123 cm³/mol.